The number of amides is 1. The van der Waals surface area contributed by atoms with Crippen LogP contribution in [0.4, 0.5) is 0 Å². The number of benzene rings is 1. The summed E-state index contributed by atoms with van der Waals surface area (Å²) in [4.78, 5) is 10.9. The first-order valence-electron chi connectivity index (χ1n) is 4.86. The van der Waals surface area contributed by atoms with Crippen molar-refractivity contribution in [2.75, 3.05) is 25.6 Å². The quantitative estimate of drug-likeness (QED) is 0.638. The molecule has 88 valence electrons. The van der Waals surface area contributed by atoms with E-state index in [1.807, 2.05) is 24.3 Å². The van der Waals surface area contributed by atoms with Gasteiger partial charge in [0.1, 0.15) is 18.1 Å². The van der Waals surface area contributed by atoms with Gasteiger partial charge in [0.25, 0.3) is 0 Å². The number of methoxy groups -OCH3 is 1. The van der Waals surface area contributed by atoms with Gasteiger partial charge in [-0.15, -0.1) is 0 Å². The molecule has 0 bridgehead atoms. The Morgan fingerprint density at radius 2 is 1.94 bits per heavy atom. The second-order valence-corrected chi connectivity index (χ2v) is 3.57. The first-order chi connectivity index (χ1) is 7.76. The molecule has 0 unspecified atom stereocenters. The van der Waals surface area contributed by atoms with Gasteiger partial charge in [0.05, 0.1) is 19.0 Å². The molecular weight excluding hydrogens is 274 g/mol. The fourth-order valence-corrected chi connectivity index (χ4v) is 1.28. The first-order valence-corrected chi connectivity index (χ1v) is 5.98. The molecule has 0 aliphatic rings. The lowest BCUT2D eigenvalue weighted by molar-refractivity contribution is -0.118. The van der Waals surface area contributed by atoms with Gasteiger partial charge in [-0.2, -0.15) is 0 Å². The summed E-state index contributed by atoms with van der Waals surface area (Å²) in [5, 5.41) is 3.00. The van der Waals surface area contributed by atoms with Crippen LogP contribution in [0.5, 0.6) is 11.5 Å². The summed E-state index contributed by atoms with van der Waals surface area (Å²) >= 11 is 3.06. The summed E-state index contributed by atoms with van der Waals surface area (Å²) in [5.74, 6) is 1.51. The normalized spacial score (nSPS) is 9.62. The number of hydrogen-bond donors (Lipinski definition) is 1. The summed E-state index contributed by atoms with van der Waals surface area (Å²) in [6.07, 6.45) is 0. The fraction of sp³-hybridized carbons (Fsp3) is 0.364. The molecule has 16 heavy (non-hydrogen) atoms. The molecule has 1 N–H and O–H groups in total. The van der Waals surface area contributed by atoms with Gasteiger partial charge in [0, 0.05) is 0 Å². The minimum absolute atomic E-state index is 0.0432. The Morgan fingerprint density at radius 3 is 2.50 bits per heavy atom. The Kier molecular flexibility index (Phi) is 5.71. The summed E-state index contributed by atoms with van der Waals surface area (Å²) in [6.45, 7) is 0.946. The molecule has 0 heterocycles. The van der Waals surface area contributed by atoms with Crippen molar-refractivity contribution in [3.05, 3.63) is 24.3 Å². The molecule has 0 aromatic heterocycles. The second kappa shape index (κ2) is 7.11. The third-order valence-corrected chi connectivity index (χ3v) is 2.38. The van der Waals surface area contributed by atoms with E-state index in [9.17, 15) is 4.79 Å². The topological polar surface area (TPSA) is 47.6 Å². The lowest BCUT2D eigenvalue weighted by Gasteiger charge is -2.07. The van der Waals surface area contributed by atoms with Crippen molar-refractivity contribution < 1.29 is 14.3 Å². The van der Waals surface area contributed by atoms with Crippen LogP contribution >= 0.6 is 15.9 Å². The maximum Gasteiger partial charge on any atom is 0.230 e. The maximum absolute atomic E-state index is 10.9. The maximum atomic E-state index is 10.9. The average Bonchev–Trinajstić information content (AvgIpc) is 2.35. The Hall–Kier alpha value is -1.23. The molecule has 1 rings (SSSR count). The molecule has 1 aromatic rings. The minimum Gasteiger partial charge on any atom is -0.497 e. The van der Waals surface area contributed by atoms with Crippen LogP contribution in [0.1, 0.15) is 0 Å². The van der Waals surface area contributed by atoms with E-state index in [1.165, 1.54) is 0 Å². The van der Waals surface area contributed by atoms with Gasteiger partial charge in [0.15, 0.2) is 0 Å². The van der Waals surface area contributed by atoms with Crippen molar-refractivity contribution in [3.8, 4) is 11.5 Å². The van der Waals surface area contributed by atoms with Crippen LogP contribution in [0.2, 0.25) is 0 Å². The summed E-state index contributed by atoms with van der Waals surface area (Å²) in [7, 11) is 1.62. The number of carbonyl (C=O) groups is 1. The number of nitrogens with one attached hydrogen (secondary N) is 1. The third kappa shape index (κ3) is 4.53. The predicted molar refractivity (Wildman–Crippen MR) is 65.3 cm³/mol. The second-order valence-electron chi connectivity index (χ2n) is 3.01. The van der Waals surface area contributed by atoms with Crippen molar-refractivity contribution in [1.29, 1.82) is 0 Å². The van der Waals surface area contributed by atoms with Crippen LogP contribution in [0, 0.1) is 0 Å². The highest BCUT2D eigenvalue weighted by molar-refractivity contribution is 9.09. The lowest BCUT2D eigenvalue weighted by atomic mass is 10.3. The van der Waals surface area contributed by atoms with E-state index in [0.29, 0.717) is 18.5 Å². The van der Waals surface area contributed by atoms with Crippen molar-refractivity contribution in [2.45, 2.75) is 0 Å². The van der Waals surface area contributed by atoms with Gasteiger partial charge in [-0.25, -0.2) is 0 Å². The molecule has 0 saturated carbocycles. The average molecular weight is 288 g/mol. The molecule has 5 heteroatoms. The highest BCUT2D eigenvalue weighted by atomic mass is 79.9. The Balaban J connectivity index is 2.24. The summed E-state index contributed by atoms with van der Waals surface area (Å²) in [5.41, 5.74) is 0. The molecule has 0 atom stereocenters. The van der Waals surface area contributed by atoms with E-state index in [4.69, 9.17) is 9.47 Å². The number of ether oxygens (including phenoxy) is 2. The first kappa shape index (κ1) is 12.8. The lowest BCUT2D eigenvalue weighted by Crippen LogP contribution is -2.28. The number of carbonyl (C=O) groups excluding carboxylic acids is 1. The van der Waals surface area contributed by atoms with Crippen LogP contribution in [-0.2, 0) is 4.79 Å². The number of hydrogen-bond acceptors (Lipinski definition) is 3. The van der Waals surface area contributed by atoms with E-state index >= 15 is 0 Å². The molecule has 4 nitrogen and oxygen atoms in total. The SMILES string of the molecule is COc1ccc(OCCNC(=O)CBr)cc1. The van der Waals surface area contributed by atoms with E-state index in [2.05, 4.69) is 21.2 Å². The van der Waals surface area contributed by atoms with Gasteiger partial charge in [-0.1, -0.05) is 15.9 Å². The van der Waals surface area contributed by atoms with Crippen molar-refractivity contribution in [3.63, 3.8) is 0 Å². The minimum atomic E-state index is -0.0432. The van der Waals surface area contributed by atoms with E-state index in [-0.39, 0.29) is 5.91 Å². The van der Waals surface area contributed by atoms with Crippen LogP contribution in [0.3, 0.4) is 0 Å². The van der Waals surface area contributed by atoms with Crippen molar-refractivity contribution in [1.82, 2.24) is 5.32 Å². The molecule has 0 fully saturated rings. The number of alkyl halides is 1. The fourth-order valence-electron chi connectivity index (χ4n) is 1.08. The predicted octanol–water partition coefficient (Wildman–Crippen LogP) is 1.59. The Bertz CT molecular complexity index is 327. The molecule has 0 saturated heterocycles. The smallest absolute Gasteiger partial charge is 0.230 e. The van der Waals surface area contributed by atoms with Gasteiger partial charge in [0.2, 0.25) is 5.91 Å². The standard InChI is InChI=1S/C11H14BrNO3/c1-15-9-2-4-10(5-3-9)16-7-6-13-11(14)8-12/h2-5H,6-8H2,1H3,(H,13,14). The Morgan fingerprint density at radius 1 is 1.31 bits per heavy atom. The molecule has 0 radical (unpaired) electrons. The molecule has 1 amide bonds. The van der Waals surface area contributed by atoms with Gasteiger partial charge >= 0.3 is 0 Å². The molecule has 1 aromatic carbocycles. The Labute approximate surface area is 103 Å². The van der Waals surface area contributed by atoms with E-state index in [1.54, 1.807) is 7.11 Å². The monoisotopic (exact) mass is 287 g/mol. The molecule has 0 aliphatic carbocycles. The van der Waals surface area contributed by atoms with Crippen molar-refractivity contribution in [2.24, 2.45) is 0 Å². The van der Waals surface area contributed by atoms with Gasteiger partial charge in [-0.05, 0) is 24.3 Å². The highest BCUT2D eigenvalue weighted by Crippen LogP contribution is 2.16. The number of rotatable bonds is 6. The van der Waals surface area contributed by atoms with Gasteiger partial charge in [-0.3, -0.25) is 4.79 Å². The van der Waals surface area contributed by atoms with E-state index in [0.717, 1.165) is 11.5 Å². The zero-order chi connectivity index (χ0) is 11.8. The zero-order valence-electron chi connectivity index (χ0n) is 9.03. The van der Waals surface area contributed by atoms with E-state index < -0.39 is 0 Å². The molecule has 0 aliphatic heterocycles. The third-order valence-electron chi connectivity index (χ3n) is 1.87. The van der Waals surface area contributed by atoms with Crippen LogP contribution in [0.25, 0.3) is 0 Å². The van der Waals surface area contributed by atoms with Gasteiger partial charge < -0.3 is 14.8 Å². The van der Waals surface area contributed by atoms with Crippen LogP contribution in [0.15, 0.2) is 24.3 Å². The highest BCUT2D eigenvalue weighted by Gasteiger charge is 1.97. The number of halogens is 1. The van der Waals surface area contributed by atoms with Crippen LogP contribution in [-0.4, -0.2) is 31.5 Å². The van der Waals surface area contributed by atoms with Crippen LogP contribution < -0.4 is 14.8 Å². The molecular formula is C11H14BrNO3. The molecule has 0 spiro atoms. The zero-order valence-corrected chi connectivity index (χ0v) is 10.6. The largest absolute Gasteiger partial charge is 0.497 e. The van der Waals surface area contributed by atoms with Crippen molar-refractivity contribution >= 4 is 21.8 Å². The summed E-state index contributed by atoms with van der Waals surface area (Å²) in [6, 6.07) is 7.30. The summed E-state index contributed by atoms with van der Waals surface area (Å²) < 4.78 is 10.4.